The Labute approximate surface area is 167 Å². The van der Waals surface area contributed by atoms with Gasteiger partial charge in [-0.2, -0.15) is 5.10 Å². The maximum atomic E-state index is 11.6. The summed E-state index contributed by atoms with van der Waals surface area (Å²) in [5.41, 5.74) is 4.89. The van der Waals surface area contributed by atoms with Crippen LogP contribution in [0.4, 0.5) is 5.69 Å². The lowest BCUT2D eigenvalue weighted by molar-refractivity contribution is -0.114. The molecule has 1 amide bonds. The first-order chi connectivity index (χ1) is 13.8. The summed E-state index contributed by atoms with van der Waals surface area (Å²) in [5.74, 6) is -0.138. The number of aromatic nitrogens is 2. The molecule has 2 aromatic heterocycles. The number of nitrogens with two attached hydrogens (primary N) is 1. The molecule has 4 rings (SSSR count). The third-order valence-electron chi connectivity index (χ3n) is 4.49. The Hall–Kier alpha value is -3.49. The van der Waals surface area contributed by atoms with Gasteiger partial charge in [-0.3, -0.25) is 4.79 Å². The third kappa shape index (κ3) is 3.75. The highest BCUT2D eigenvalue weighted by Gasteiger charge is 2.17. The minimum Gasteiger partial charge on any atom is -0.326 e. The molecule has 0 aliphatic heterocycles. The predicted molar refractivity (Wildman–Crippen MR) is 112 cm³/mol. The van der Waals surface area contributed by atoms with Crippen molar-refractivity contribution >= 4 is 27.1 Å². The van der Waals surface area contributed by atoms with Crippen LogP contribution < -0.4 is 10.5 Å². The highest BCUT2D eigenvalue weighted by molar-refractivity contribution is 7.89. The number of nitrogens with zero attached hydrogens (tertiary/aromatic N) is 2. The van der Waals surface area contributed by atoms with Crippen LogP contribution in [0, 0.1) is 0 Å². The van der Waals surface area contributed by atoms with Crippen LogP contribution >= 0.6 is 0 Å². The van der Waals surface area contributed by atoms with Gasteiger partial charge in [0.2, 0.25) is 15.9 Å². The highest BCUT2D eigenvalue weighted by atomic mass is 32.2. The number of hydrogen-bond acceptors (Lipinski definition) is 4. The van der Waals surface area contributed by atoms with Crippen molar-refractivity contribution in [1.82, 2.24) is 9.61 Å². The summed E-state index contributed by atoms with van der Waals surface area (Å²) >= 11 is 0. The average Bonchev–Trinajstić information content (AvgIpc) is 3.07. The molecule has 0 bridgehead atoms. The van der Waals surface area contributed by atoms with Gasteiger partial charge in [0.15, 0.2) is 0 Å². The number of fused-ring (bicyclic) bond motifs is 1. The van der Waals surface area contributed by atoms with Crippen molar-refractivity contribution in [2.75, 3.05) is 5.32 Å². The van der Waals surface area contributed by atoms with Crippen molar-refractivity contribution < 1.29 is 13.2 Å². The van der Waals surface area contributed by atoms with E-state index in [1.165, 1.54) is 19.1 Å². The van der Waals surface area contributed by atoms with Crippen molar-refractivity contribution in [2.45, 2.75) is 11.8 Å². The second-order valence-corrected chi connectivity index (χ2v) is 8.14. The smallest absolute Gasteiger partial charge is 0.238 e. The number of amides is 1. The van der Waals surface area contributed by atoms with E-state index in [1.54, 1.807) is 16.6 Å². The van der Waals surface area contributed by atoms with Gasteiger partial charge in [-0.05, 0) is 42.0 Å². The van der Waals surface area contributed by atoms with Crippen LogP contribution in [0.5, 0.6) is 0 Å². The molecule has 0 saturated heterocycles. The quantitative estimate of drug-likeness (QED) is 0.542. The van der Waals surface area contributed by atoms with Crippen LogP contribution in [-0.2, 0) is 14.8 Å². The standard InChI is InChI=1S/C21H18N4O3S/c1-14(26)23-17-9-5-16(6-10-17)21-20(19-4-2-3-13-25(19)24-21)15-7-11-18(12-8-15)29(22,27)28/h2-13H,1H3,(H,23,26)(H2,22,27,28). The zero-order chi connectivity index (χ0) is 20.6. The fraction of sp³-hybridized carbons (Fsp3) is 0.0476. The SMILES string of the molecule is CC(=O)Nc1ccc(-c2nn3ccccc3c2-c2ccc(S(N)(=O)=O)cc2)cc1. The second kappa shape index (κ2) is 7.16. The maximum absolute atomic E-state index is 11.6. The normalized spacial score (nSPS) is 11.5. The predicted octanol–water partition coefficient (Wildman–Crippen LogP) is 3.27. The molecular weight excluding hydrogens is 388 g/mol. The van der Waals surface area contributed by atoms with E-state index in [2.05, 4.69) is 5.32 Å². The van der Waals surface area contributed by atoms with Crippen LogP contribution in [0.25, 0.3) is 27.9 Å². The molecule has 3 N–H and O–H groups in total. The Kier molecular flexibility index (Phi) is 4.65. The van der Waals surface area contributed by atoms with Gasteiger partial charge in [0.25, 0.3) is 0 Å². The van der Waals surface area contributed by atoms with E-state index in [1.807, 2.05) is 48.7 Å². The molecule has 4 aromatic rings. The Morgan fingerprint density at radius 3 is 2.24 bits per heavy atom. The van der Waals surface area contributed by atoms with E-state index >= 15 is 0 Å². The Morgan fingerprint density at radius 2 is 1.62 bits per heavy atom. The Bertz CT molecular complexity index is 1310. The van der Waals surface area contributed by atoms with E-state index < -0.39 is 10.0 Å². The number of sulfonamides is 1. The monoisotopic (exact) mass is 406 g/mol. The van der Waals surface area contributed by atoms with Crippen LogP contribution in [0.15, 0.2) is 77.8 Å². The van der Waals surface area contributed by atoms with Gasteiger partial charge in [-0.15, -0.1) is 0 Å². The third-order valence-corrected chi connectivity index (χ3v) is 5.42. The fourth-order valence-electron chi connectivity index (χ4n) is 3.21. The van der Waals surface area contributed by atoms with Crippen LogP contribution in [0.3, 0.4) is 0 Å². The minimum absolute atomic E-state index is 0.0546. The van der Waals surface area contributed by atoms with Gasteiger partial charge in [-0.25, -0.2) is 18.1 Å². The van der Waals surface area contributed by atoms with Crippen molar-refractivity contribution in [2.24, 2.45) is 5.14 Å². The number of anilines is 1. The summed E-state index contributed by atoms with van der Waals surface area (Å²) < 4.78 is 24.9. The van der Waals surface area contributed by atoms with Gasteiger partial charge in [0, 0.05) is 29.9 Å². The number of pyridine rings is 1. The highest BCUT2D eigenvalue weighted by Crippen LogP contribution is 2.35. The number of rotatable bonds is 4. The molecule has 0 aliphatic rings. The summed E-state index contributed by atoms with van der Waals surface area (Å²) in [5, 5.41) is 12.7. The summed E-state index contributed by atoms with van der Waals surface area (Å²) in [6.45, 7) is 1.46. The second-order valence-electron chi connectivity index (χ2n) is 6.58. The largest absolute Gasteiger partial charge is 0.326 e. The average molecular weight is 406 g/mol. The van der Waals surface area contributed by atoms with Crippen LogP contribution in [0.2, 0.25) is 0 Å². The van der Waals surface area contributed by atoms with Crippen molar-refractivity contribution in [3.63, 3.8) is 0 Å². The Morgan fingerprint density at radius 1 is 0.966 bits per heavy atom. The first kappa shape index (κ1) is 18.9. The zero-order valence-corrected chi connectivity index (χ0v) is 16.3. The lowest BCUT2D eigenvalue weighted by Gasteiger charge is -2.07. The topological polar surface area (TPSA) is 107 Å². The van der Waals surface area contributed by atoms with Gasteiger partial charge in [0.05, 0.1) is 10.4 Å². The van der Waals surface area contributed by atoms with E-state index in [9.17, 15) is 13.2 Å². The first-order valence-corrected chi connectivity index (χ1v) is 10.4. The number of primary sulfonamides is 1. The van der Waals surface area contributed by atoms with Crippen molar-refractivity contribution in [1.29, 1.82) is 0 Å². The molecule has 0 atom stereocenters. The van der Waals surface area contributed by atoms with Gasteiger partial charge in [-0.1, -0.05) is 30.3 Å². The van der Waals surface area contributed by atoms with Gasteiger partial charge >= 0.3 is 0 Å². The number of hydrogen-bond donors (Lipinski definition) is 2. The first-order valence-electron chi connectivity index (χ1n) is 8.81. The number of carbonyl (C=O) groups excluding carboxylic acids is 1. The molecule has 0 fully saturated rings. The van der Waals surface area contributed by atoms with Gasteiger partial charge < -0.3 is 5.32 Å². The van der Waals surface area contributed by atoms with E-state index in [-0.39, 0.29) is 10.8 Å². The molecule has 0 unspecified atom stereocenters. The number of carbonyl (C=O) groups is 1. The van der Waals surface area contributed by atoms with E-state index in [0.29, 0.717) is 5.69 Å². The zero-order valence-electron chi connectivity index (χ0n) is 15.5. The molecule has 2 aromatic carbocycles. The molecule has 0 aliphatic carbocycles. The van der Waals surface area contributed by atoms with Crippen molar-refractivity contribution in [3.05, 3.63) is 72.9 Å². The molecule has 2 heterocycles. The summed E-state index contributed by atoms with van der Waals surface area (Å²) in [7, 11) is -3.76. The molecule has 7 nitrogen and oxygen atoms in total. The fourth-order valence-corrected chi connectivity index (χ4v) is 3.73. The molecule has 0 radical (unpaired) electrons. The maximum Gasteiger partial charge on any atom is 0.238 e. The number of benzene rings is 2. The van der Waals surface area contributed by atoms with Crippen LogP contribution in [0.1, 0.15) is 6.92 Å². The van der Waals surface area contributed by atoms with E-state index in [0.717, 1.165) is 27.9 Å². The molecule has 8 heteroatoms. The molecule has 29 heavy (non-hydrogen) atoms. The minimum atomic E-state index is -3.76. The molecule has 0 saturated carbocycles. The lowest BCUT2D eigenvalue weighted by atomic mass is 9.99. The number of nitrogens with one attached hydrogen (secondary N) is 1. The lowest BCUT2D eigenvalue weighted by Crippen LogP contribution is -2.11. The summed E-state index contributed by atoms with van der Waals surface area (Å²) in [6, 6.07) is 19.6. The summed E-state index contributed by atoms with van der Waals surface area (Å²) in [4.78, 5) is 11.3. The molecule has 146 valence electrons. The Balaban J connectivity index is 1.86. The van der Waals surface area contributed by atoms with Gasteiger partial charge in [0.1, 0.15) is 5.69 Å². The van der Waals surface area contributed by atoms with E-state index in [4.69, 9.17) is 10.2 Å². The molecule has 0 spiro atoms. The molecular formula is C21H18N4O3S. The summed E-state index contributed by atoms with van der Waals surface area (Å²) in [6.07, 6.45) is 1.85. The van der Waals surface area contributed by atoms with Crippen molar-refractivity contribution in [3.8, 4) is 22.4 Å². The van der Waals surface area contributed by atoms with Crippen LogP contribution in [-0.4, -0.2) is 23.9 Å².